The highest BCUT2D eigenvalue weighted by Gasteiger charge is 2.17. The van der Waals surface area contributed by atoms with Gasteiger partial charge in [-0.15, -0.1) is 0 Å². The van der Waals surface area contributed by atoms with Crippen LogP contribution < -0.4 is 10.2 Å². The number of thiazole rings is 1. The molecule has 25 heavy (non-hydrogen) atoms. The smallest absolute Gasteiger partial charge is 0.350 e. The molecule has 1 N–H and O–H groups in total. The number of esters is 1. The Morgan fingerprint density at radius 3 is 2.56 bits per heavy atom. The van der Waals surface area contributed by atoms with Crippen LogP contribution in [0.4, 0.5) is 5.13 Å². The largest absolute Gasteiger partial charge is 0.488 e. The van der Waals surface area contributed by atoms with Gasteiger partial charge in [-0.1, -0.05) is 18.3 Å². The Labute approximate surface area is 151 Å². The van der Waals surface area contributed by atoms with E-state index in [0.717, 1.165) is 11.3 Å². The van der Waals surface area contributed by atoms with Gasteiger partial charge in [-0.3, -0.25) is 5.43 Å². The summed E-state index contributed by atoms with van der Waals surface area (Å²) in [4.78, 5) is 16.6. The van der Waals surface area contributed by atoms with Crippen molar-refractivity contribution in [2.24, 2.45) is 5.10 Å². The van der Waals surface area contributed by atoms with Gasteiger partial charge in [0.1, 0.15) is 16.2 Å². The summed E-state index contributed by atoms with van der Waals surface area (Å²) in [5.74, 6) is 0.439. The molecular weight excluding hydrogens is 338 g/mol. The van der Waals surface area contributed by atoms with Gasteiger partial charge in [-0.05, 0) is 57.0 Å². The second kappa shape index (κ2) is 8.11. The average Bonchev–Trinajstić information content (AvgIpc) is 2.97. The monoisotopic (exact) mass is 361 g/mol. The zero-order valence-electron chi connectivity index (χ0n) is 15.1. The number of rotatable bonds is 6. The molecule has 0 aliphatic heterocycles. The quantitative estimate of drug-likeness (QED) is 0.476. The van der Waals surface area contributed by atoms with Gasteiger partial charge in [-0.25, -0.2) is 9.78 Å². The van der Waals surface area contributed by atoms with Crippen LogP contribution in [0, 0.1) is 0 Å². The maximum absolute atomic E-state index is 11.7. The number of anilines is 1. The lowest BCUT2D eigenvalue weighted by Crippen LogP contribution is -2.22. The van der Waals surface area contributed by atoms with Gasteiger partial charge in [0.25, 0.3) is 0 Å². The summed E-state index contributed by atoms with van der Waals surface area (Å²) in [6.07, 6.45) is 2.34. The molecule has 0 spiro atoms. The van der Waals surface area contributed by atoms with Crippen molar-refractivity contribution in [3.8, 4) is 5.75 Å². The SMILES string of the molecule is CCc1nc(N/N=C\c2ccc(OC(C)(C)C)cc2)sc1C(=O)OC. The number of hydrogen-bond donors (Lipinski definition) is 1. The van der Waals surface area contributed by atoms with Gasteiger partial charge in [0.15, 0.2) is 0 Å². The first-order valence-corrected chi connectivity index (χ1v) is 8.80. The molecule has 0 atom stereocenters. The van der Waals surface area contributed by atoms with Crippen LogP contribution in [0.1, 0.15) is 48.6 Å². The maximum atomic E-state index is 11.7. The standard InChI is InChI=1S/C18H23N3O3S/c1-6-14-15(16(22)23-5)25-17(20-14)21-19-11-12-7-9-13(10-8-12)24-18(2,3)4/h7-11H,6H2,1-5H3,(H,20,21)/b19-11-. The molecule has 1 aromatic heterocycles. The Bertz CT molecular complexity index is 746. The lowest BCUT2D eigenvalue weighted by Gasteiger charge is -2.21. The van der Waals surface area contributed by atoms with Crippen LogP contribution in [0.15, 0.2) is 29.4 Å². The van der Waals surface area contributed by atoms with E-state index in [1.807, 2.05) is 52.0 Å². The van der Waals surface area contributed by atoms with Crippen LogP contribution in [0.5, 0.6) is 5.75 Å². The second-order valence-electron chi connectivity index (χ2n) is 6.29. The molecule has 1 heterocycles. The fraction of sp³-hybridized carbons (Fsp3) is 0.389. The predicted molar refractivity (Wildman–Crippen MR) is 101 cm³/mol. The van der Waals surface area contributed by atoms with Crippen LogP contribution in [0.3, 0.4) is 0 Å². The topological polar surface area (TPSA) is 72.8 Å². The summed E-state index contributed by atoms with van der Waals surface area (Å²) in [5, 5.41) is 4.73. The van der Waals surface area contributed by atoms with Crippen molar-refractivity contribution in [2.45, 2.75) is 39.7 Å². The average molecular weight is 361 g/mol. The Balaban J connectivity index is 2.01. The summed E-state index contributed by atoms with van der Waals surface area (Å²) in [7, 11) is 1.36. The maximum Gasteiger partial charge on any atom is 0.350 e. The molecule has 6 nitrogen and oxygen atoms in total. The Morgan fingerprint density at radius 1 is 1.32 bits per heavy atom. The number of hydrazone groups is 1. The zero-order valence-corrected chi connectivity index (χ0v) is 15.9. The highest BCUT2D eigenvalue weighted by molar-refractivity contribution is 7.17. The molecule has 1 aromatic carbocycles. The van der Waals surface area contributed by atoms with Crippen LogP contribution in [0.2, 0.25) is 0 Å². The minimum Gasteiger partial charge on any atom is -0.488 e. The molecule has 0 bridgehead atoms. The third-order valence-corrected chi connectivity index (χ3v) is 4.06. The summed E-state index contributed by atoms with van der Waals surface area (Å²) in [5.41, 5.74) is 4.26. The van der Waals surface area contributed by atoms with Crippen LogP contribution in [-0.4, -0.2) is 29.9 Å². The Morgan fingerprint density at radius 2 is 2.00 bits per heavy atom. The van der Waals surface area contributed by atoms with Crippen LogP contribution in [0.25, 0.3) is 0 Å². The lowest BCUT2D eigenvalue weighted by atomic mass is 10.2. The van der Waals surface area contributed by atoms with Gasteiger partial charge < -0.3 is 9.47 Å². The minimum absolute atomic E-state index is 0.226. The number of ether oxygens (including phenoxy) is 2. The summed E-state index contributed by atoms with van der Waals surface area (Å²) < 4.78 is 10.5. The van der Waals surface area contributed by atoms with E-state index in [1.54, 1.807) is 6.21 Å². The zero-order chi connectivity index (χ0) is 18.4. The van der Waals surface area contributed by atoms with E-state index in [2.05, 4.69) is 15.5 Å². The first-order chi connectivity index (χ1) is 11.8. The van der Waals surface area contributed by atoms with Crippen molar-refractivity contribution in [3.63, 3.8) is 0 Å². The normalized spacial score (nSPS) is 11.6. The number of nitrogens with one attached hydrogen (secondary N) is 1. The molecule has 2 aromatic rings. The summed E-state index contributed by atoms with van der Waals surface area (Å²) >= 11 is 1.23. The summed E-state index contributed by atoms with van der Waals surface area (Å²) in [6.45, 7) is 7.96. The number of benzene rings is 1. The molecule has 0 saturated carbocycles. The Hall–Kier alpha value is -2.41. The number of hydrogen-bond acceptors (Lipinski definition) is 7. The fourth-order valence-corrected chi connectivity index (χ4v) is 2.95. The van der Waals surface area contributed by atoms with Crippen molar-refractivity contribution in [3.05, 3.63) is 40.4 Å². The predicted octanol–water partition coefficient (Wildman–Crippen LogP) is 4.12. The fourth-order valence-electron chi connectivity index (χ4n) is 2.03. The molecule has 2 rings (SSSR count). The molecular formula is C18H23N3O3S. The van der Waals surface area contributed by atoms with Gasteiger partial charge in [-0.2, -0.15) is 5.10 Å². The number of methoxy groups -OCH3 is 1. The van der Waals surface area contributed by atoms with Crippen molar-refractivity contribution in [2.75, 3.05) is 12.5 Å². The van der Waals surface area contributed by atoms with Crippen LogP contribution in [-0.2, 0) is 11.2 Å². The molecule has 0 saturated heterocycles. The number of carbonyl (C=O) groups is 1. The molecule has 0 radical (unpaired) electrons. The van der Waals surface area contributed by atoms with Gasteiger partial charge in [0.05, 0.1) is 19.0 Å². The van der Waals surface area contributed by atoms with Gasteiger partial charge in [0, 0.05) is 0 Å². The van der Waals surface area contributed by atoms with Crippen molar-refractivity contribution in [1.82, 2.24) is 4.98 Å². The molecule has 134 valence electrons. The van der Waals surface area contributed by atoms with E-state index >= 15 is 0 Å². The van der Waals surface area contributed by atoms with Gasteiger partial charge >= 0.3 is 5.97 Å². The third-order valence-electron chi connectivity index (χ3n) is 3.08. The number of aryl methyl sites for hydroxylation is 1. The Kier molecular flexibility index (Phi) is 6.14. The second-order valence-corrected chi connectivity index (χ2v) is 7.29. The lowest BCUT2D eigenvalue weighted by molar-refractivity contribution is 0.0605. The highest BCUT2D eigenvalue weighted by atomic mass is 32.1. The van der Waals surface area contributed by atoms with E-state index in [1.165, 1.54) is 18.4 Å². The van der Waals surface area contributed by atoms with Crippen molar-refractivity contribution < 1.29 is 14.3 Å². The van der Waals surface area contributed by atoms with E-state index in [-0.39, 0.29) is 11.6 Å². The number of aromatic nitrogens is 1. The van der Waals surface area contributed by atoms with Crippen molar-refractivity contribution in [1.29, 1.82) is 0 Å². The molecule has 0 fully saturated rings. The van der Waals surface area contributed by atoms with Gasteiger partial charge in [0.2, 0.25) is 5.13 Å². The molecule has 7 heteroatoms. The minimum atomic E-state index is -0.374. The first kappa shape index (κ1) is 18.9. The third kappa shape index (κ3) is 5.56. The van der Waals surface area contributed by atoms with Crippen molar-refractivity contribution >= 4 is 28.7 Å². The van der Waals surface area contributed by atoms with Crippen LogP contribution >= 0.6 is 11.3 Å². The number of nitrogens with zero attached hydrogens (tertiary/aromatic N) is 2. The van der Waals surface area contributed by atoms with E-state index in [0.29, 0.717) is 22.1 Å². The molecule has 0 aliphatic carbocycles. The molecule has 0 amide bonds. The molecule has 0 aliphatic rings. The summed E-state index contributed by atoms with van der Waals surface area (Å²) in [6, 6.07) is 7.65. The molecule has 0 unspecified atom stereocenters. The first-order valence-electron chi connectivity index (χ1n) is 7.98. The van der Waals surface area contributed by atoms with E-state index in [4.69, 9.17) is 9.47 Å². The highest BCUT2D eigenvalue weighted by Crippen LogP contribution is 2.24. The van der Waals surface area contributed by atoms with E-state index in [9.17, 15) is 4.79 Å². The number of carbonyl (C=O) groups excluding carboxylic acids is 1. The van der Waals surface area contributed by atoms with E-state index < -0.39 is 0 Å².